The minimum absolute atomic E-state index is 0.0343. The maximum absolute atomic E-state index is 8.95. The Morgan fingerprint density at radius 3 is 2.50 bits per heavy atom. The summed E-state index contributed by atoms with van der Waals surface area (Å²) < 4.78 is 5.07. The number of rotatable bonds is 6. The SMILES string of the molecule is COC(C)CNCC(C)(C)CO. The molecule has 1 atom stereocenters. The van der Waals surface area contributed by atoms with Gasteiger partial charge < -0.3 is 15.2 Å². The van der Waals surface area contributed by atoms with Crippen LogP contribution < -0.4 is 5.32 Å². The van der Waals surface area contributed by atoms with Gasteiger partial charge in [0.2, 0.25) is 0 Å². The van der Waals surface area contributed by atoms with Crippen LogP contribution in [0.1, 0.15) is 20.8 Å². The Kier molecular flexibility index (Phi) is 5.46. The third-order valence-electron chi connectivity index (χ3n) is 1.87. The van der Waals surface area contributed by atoms with Crippen molar-refractivity contribution in [2.24, 2.45) is 5.41 Å². The number of methoxy groups -OCH3 is 1. The van der Waals surface area contributed by atoms with E-state index in [1.807, 2.05) is 20.8 Å². The third kappa shape index (κ3) is 5.52. The van der Waals surface area contributed by atoms with Gasteiger partial charge in [-0.1, -0.05) is 13.8 Å². The number of ether oxygens (including phenoxy) is 1. The van der Waals surface area contributed by atoms with E-state index >= 15 is 0 Å². The third-order valence-corrected chi connectivity index (χ3v) is 1.87. The summed E-state index contributed by atoms with van der Waals surface area (Å²) in [5, 5.41) is 12.2. The molecule has 0 heterocycles. The first kappa shape index (κ1) is 11.9. The monoisotopic (exact) mass is 175 g/mol. The molecule has 74 valence electrons. The molecule has 1 unspecified atom stereocenters. The van der Waals surface area contributed by atoms with Crippen molar-refractivity contribution in [3.05, 3.63) is 0 Å². The highest BCUT2D eigenvalue weighted by Gasteiger charge is 2.15. The van der Waals surface area contributed by atoms with Crippen LogP contribution in [0.15, 0.2) is 0 Å². The van der Waals surface area contributed by atoms with Gasteiger partial charge in [-0.05, 0) is 6.92 Å². The molecule has 0 rings (SSSR count). The van der Waals surface area contributed by atoms with Gasteiger partial charge in [0.05, 0.1) is 6.10 Å². The van der Waals surface area contributed by atoms with Gasteiger partial charge in [0.1, 0.15) is 0 Å². The maximum atomic E-state index is 8.95. The van der Waals surface area contributed by atoms with Crippen molar-refractivity contribution in [3.63, 3.8) is 0 Å². The number of hydrogen-bond donors (Lipinski definition) is 2. The van der Waals surface area contributed by atoms with Gasteiger partial charge in [0.15, 0.2) is 0 Å². The second-order valence-electron chi connectivity index (χ2n) is 4.00. The van der Waals surface area contributed by atoms with E-state index < -0.39 is 0 Å². The first-order valence-corrected chi connectivity index (χ1v) is 4.36. The Hall–Kier alpha value is -0.120. The molecule has 3 heteroatoms. The molecule has 0 bridgehead atoms. The van der Waals surface area contributed by atoms with E-state index in [1.165, 1.54) is 0 Å². The smallest absolute Gasteiger partial charge is 0.0667 e. The lowest BCUT2D eigenvalue weighted by atomic mass is 9.95. The summed E-state index contributed by atoms with van der Waals surface area (Å²) in [5.74, 6) is 0. The second-order valence-corrected chi connectivity index (χ2v) is 4.00. The van der Waals surface area contributed by atoms with Crippen molar-refractivity contribution in [2.75, 3.05) is 26.8 Å². The van der Waals surface area contributed by atoms with Crippen molar-refractivity contribution < 1.29 is 9.84 Å². The van der Waals surface area contributed by atoms with E-state index in [9.17, 15) is 0 Å². The van der Waals surface area contributed by atoms with Crippen LogP contribution in [-0.4, -0.2) is 38.0 Å². The van der Waals surface area contributed by atoms with Gasteiger partial charge in [-0.2, -0.15) is 0 Å². The number of nitrogens with one attached hydrogen (secondary N) is 1. The average molecular weight is 175 g/mol. The average Bonchev–Trinajstić information content (AvgIpc) is 2.04. The van der Waals surface area contributed by atoms with E-state index in [2.05, 4.69) is 5.32 Å². The molecule has 0 aromatic heterocycles. The van der Waals surface area contributed by atoms with Crippen molar-refractivity contribution in [1.82, 2.24) is 5.32 Å². The Labute approximate surface area is 75.1 Å². The number of aliphatic hydroxyl groups excluding tert-OH is 1. The zero-order valence-electron chi connectivity index (χ0n) is 8.55. The minimum atomic E-state index is -0.0343. The van der Waals surface area contributed by atoms with Gasteiger partial charge in [0, 0.05) is 32.2 Å². The molecule has 0 aliphatic rings. The number of aliphatic hydroxyl groups is 1. The molecule has 0 saturated heterocycles. The highest BCUT2D eigenvalue weighted by molar-refractivity contribution is 4.70. The fraction of sp³-hybridized carbons (Fsp3) is 1.00. The van der Waals surface area contributed by atoms with E-state index in [0.29, 0.717) is 0 Å². The normalized spacial score (nSPS) is 14.8. The van der Waals surface area contributed by atoms with Gasteiger partial charge in [0.25, 0.3) is 0 Å². The highest BCUT2D eigenvalue weighted by atomic mass is 16.5. The fourth-order valence-electron chi connectivity index (χ4n) is 0.753. The predicted molar refractivity (Wildman–Crippen MR) is 50.2 cm³/mol. The summed E-state index contributed by atoms with van der Waals surface area (Å²) in [6, 6.07) is 0. The zero-order chi connectivity index (χ0) is 9.61. The van der Waals surface area contributed by atoms with Crippen LogP contribution in [0.3, 0.4) is 0 Å². The molecule has 0 spiro atoms. The maximum Gasteiger partial charge on any atom is 0.0667 e. The molecule has 2 N–H and O–H groups in total. The van der Waals surface area contributed by atoms with Crippen molar-refractivity contribution >= 4 is 0 Å². The summed E-state index contributed by atoms with van der Waals surface area (Å²) in [5.41, 5.74) is -0.0343. The Morgan fingerprint density at radius 2 is 2.08 bits per heavy atom. The van der Waals surface area contributed by atoms with Crippen molar-refractivity contribution in [2.45, 2.75) is 26.9 Å². The summed E-state index contributed by atoms with van der Waals surface area (Å²) >= 11 is 0. The number of hydrogen-bond acceptors (Lipinski definition) is 3. The van der Waals surface area contributed by atoms with Crippen LogP contribution in [0, 0.1) is 5.41 Å². The molecule has 0 aliphatic heterocycles. The largest absolute Gasteiger partial charge is 0.396 e. The van der Waals surface area contributed by atoms with Crippen molar-refractivity contribution in [3.8, 4) is 0 Å². The van der Waals surface area contributed by atoms with Gasteiger partial charge in [-0.15, -0.1) is 0 Å². The molecule has 0 aromatic carbocycles. The highest BCUT2D eigenvalue weighted by Crippen LogP contribution is 2.10. The predicted octanol–water partition coefficient (Wildman–Crippen LogP) is 0.629. The standard InChI is InChI=1S/C9H21NO2/c1-8(12-4)5-10-6-9(2,3)7-11/h8,10-11H,5-7H2,1-4H3. The summed E-state index contributed by atoms with van der Waals surface area (Å²) in [4.78, 5) is 0. The molecular formula is C9H21NO2. The van der Waals surface area contributed by atoms with Crippen LogP contribution in [-0.2, 0) is 4.74 Å². The first-order chi connectivity index (χ1) is 5.52. The fourth-order valence-corrected chi connectivity index (χ4v) is 0.753. The van der Waals surface area contributed by atoms with Crippen LogP contribution in [0.2, 0.25) is 0 Å². The molecule has 0 saturated carbocycles. The van der Waals surface area contributed by atoms with Gasteiger partial charge in [-0.3, -0.25) is 0 Å². The second kappa shape index (κ2) is 5.51. The Morgan fingerprint density at radius 1 is 1.50 bits per heavy atom. The summed E-state index contributed by atoms with van der Waals surface area (Å²) in [6.45, 7) is 7.92. The lowest BCUT2D eigenvalue weighted by molar-refractivity contribution is 0.107. The molecular weight excluding hydrogens is 154 g/mol. The zero-order valence-corrected chi connectivity index (χ0v) is 8.55. The summed E-state index contributed by atoms with van der Waals surface area (Å²) in [6.07, 6.45) is 0.236. The minimum Gasteiger partial charge on any atom is -0.396 e. The molecule has 0 aliphatic carbocycles. The van der Waals surface area contributed by atoms with E-state index in [-0.39, 0.29) is 18.1 Å². The first-order valence-electron chi connectivity index (χ1n) is 4.36. The molecule has 12 heavy (non-hydrogen) atoms. The van der Waals surface area contributed by atoms with E-state index in [4.69, 9.17) is 9.84 Å². The molecule has 0 amide bonds. The molecule has 0 fully saturated rings. The van der Waals surface area contributed by atoms with E-state index in [0.717, 1.165) is 13.1 Å². The lowest BCUT2D eigenvalue weighted by Gasteiger charge is -2.22. The molecule has 3 nitrogen and oxygen atoms in total. The van der Waals surface area contributed by atoms with Crippen LogP contribution >= 0.6 is 0 Å². The van der Waals surface area contributed by atoms with Crippen molar-refractivity contribution in [1.29, 1.82) is 0 Å². The van der Waals surface area contributed by atoms with Crippen LogP contribution in [0.4, 0.5) is 0 Å². The van der Waals surface area contributed by atoms with Gasteiger partial charge in [-0.25, -0.2) is 0 Å². The summed E-state index contributed by atoms with van der Waals surface area (Å²) in [7, 11) is 1.70. The van der Waals surface area contributed by atoms with E-state index in [1.54, 1.807) is 7.11 Å². The molecule has 0 aromatic rings. The quantitative estimate of drug-likeness (QED) is 0.622. The van der Waals surface area contributed by atoms with Gasteiger partial charge >= 0.3 is 0 Å². The van der Waals surface area contributed by atoms with Crippen LogP contribution in [0.25, 0.3) is 0 Å². The lowest BCUT2D eigenvalue weighted by Crippen LogP contribution is -2.36. The van der Waals surface area contributed by atoms with Crippen LogP contribution in [0.5, 0.6) is 0 Å². The Bertz CT molecular complexity index is 115. The topological polar surface area (TPSA) is 41.5 Å². The molecule has 0 radical (unpaired) electrons. The Balaban J connectivity index is 3.42.